The van der Waals surface area contributed by atoms with Crippen LogP contribution in [0.5, 0.6) is 0 Å². The summed E-state index contributed by atoms with van der Waals surface area (Å²) in [7, 11) is 0. The van der Waals surface area contributed by atoms with Gasteiger partial charge < -0.3 is 10.2 Å². The zero-order valence-electron chi connectivity index (χ0n) is 18.3. The summed E-state index contributed by atoms with van der Waals surface area (Å²) in [4.78, 5) is 32.0. The van der Waals surface area contributed by atoms with Gasteiger partial charge >= 0.3 is 0 Å². The Morgan fingerprint density at radius 2 is 2.06 bits per heavy atom. The second-order valence-electron chi connectivity index (χ2n) is 7.92. The van der Waals surface area contributed by atoms with Crippen LogP contribution in [0.15, 0.2) is 59.2 Å². The second kappa shape index (κ2) is 9.91. The molecule has 1 atom stereocenters. The van der Waals surface area contributed by atoms with E-state index in [1.54, 1.807) is 17.4 Å². The van der Waals surface area contributed by atoms with Gasteiger partial charge in [-0.15, -0.1) is 26.6 Å². The van der Waals surface area contributed by atoms with Crippen LogP contribution in [0, 0.1) is 5.92 Å². The first-order chi connectivity index (χ1) is 16.7. The van der Waals surface area contributed by atoms with Gasteiger partial charge in [0.15, 0.2) is 11.6 Å². The highest BCUT2D eigenvalue weighted by Gasteiger charge is 2.26. The van der Waals surface area contributed by atoms with Crippen molar-refractivity contribution in [3.8, 4) is 16.4 Å². The standard InChI is InChI=1S/C22H23N9O2S/c32-21-8-7-20(31-15-23-14-25-31)28-30(21)11-9-24-22(33)16-3-1-10-29(13-16)19-6-5-17(26-27-19)18-4-2-12-34-18/h2,4-8,12,14-16H,1,3,9-11,13H2,(H,24,33). The quantitative estimate of drug-likeness (QED) is 0.423. The van der Waals surface area contributed by atoms with Crippen molar-refractivity contribution >= 4 is 23.1 Å². The molecular formula is C22H23N9O2S. The molecule has 12 heteroatoms. The minimum Gasteiger partial charge on any atom is -0.354 e. The number of hydrogen-bond acceptors (Lipinski definition) is 9. The van der Waals surface area contributed by atoms with E-state index in [4.69, 9.17) is 0 Å². The lowest BCUT2D eigenvalue weighted by atomic mass is 9.97. The number of anilines is 1. The monoisotopic (exact) mass is 477 g/mol. The molecule has 1 unspecified atom stereocenters. The molecule has 4 aromatic rings. The summed E-state index contributed by atoms with van der Waals surface area (Å²) < 4.78 is 2.79. The van der Waals surface area contributed by atoms with E-state index in [9.17, 15) is 9.59 Å². The molecule has 0 radical (unpaired) electrons. The summed E-state index contributed by atoms with van der Waals surface area (Å²) in [6.45, 7) is 1.99. The van der Waals surface area contributed by atoms with E-state index in [0.717, 1.165) is 35.8 Å². The molecule has 4 aromatic heterocycles. The maximum Gasteiger partial charge on any atom is 0.266 e. The van der Waals surface area contributed by atoms with Crippen LogP contribution in [0.25, 0.3) is 16.4 Å². The van der Waals surface area contributed by atoms with Gasteiger partial charge in [0.25, 0.3) is 5.56 Å². The van der Waals surface area contributed by atoms with Crippen LogP contribution in [0.3, 0.4) is 0 Å². The smallest absolute Gasteiger partial charge is 0.266 e. The largest absolute Gasteiger partial charge is 0.354 e. The molecular weight excluding hydrogens is 454 g/mol. The van der Waals surface area contributed by atoms with Crippen LogP contribution in [-0.2, 0) is 11.3 Å². The molecule has 1 amide bonds. The summed E-state index contributed by atoms with van der Waals surface area (Å²) >= 11 is 1.63. The van der Waals surface area contributed by atoms with E-state index in [-0.39, 0.29) is 23.9 Å². The van der Waals surface area contributed by atoms with Crippen LogP contribution in [0.4, 0.5) is 5.82 Å². The molecule has 1 fully saturated rings. The number of hydrogen-bond donors (Lipinski definition) is 1. The molecule has 0 saturated carbocycles. The van der Waals surface area contributed by atoms with Crippen molar-refractivity contribution in [3.63, 3.8) is 0 Å². The fourth-order valence-electron chi connectivity index (χ4n) is 3.93. The van der Waals surface area contributed by atoms with Gasteiger partial charge in [0, 0.05) is 25.7 Å². The van der Waals surface area contributed by atoms with Crippen LogP contribution in [0.1, 0.15) is 12.8 Å². The number of piperidine rings is 1. The minimum absolute atomic E-state index is 0.0339. The minimum atomic E-state index is -0.244. The fraction of sp³-hybridized carbons (Fsp3) is 0.318. The third-order valence-electron chi connectivity index (χ3n) is 5.67. The average molecular weight is 478 g/mol. The van der Waals surface area contributed by atoms with Gasteiger partial charge in [0.2, 0.25) is 5.91 Å². The predicted molar refractivity (Wildman–Crippen MR) is 127 cm³/mol. The van der Waals surface area contributed by atoms with Crippen molar-refractivity contribution in [3.05, 3.63) is 64.8 Å². The molecule has 1 N–H and O–H groups in total. The van der Waals surface area contributed by atoms with Crippen LogP contribution in [0.2, 0.25) is 0 Å². The maximum absolute atomic E-state index is 12.8. The van der Waals surface area contributed by atoms with Crippen molar-refractivity contribution in [2.75, 3.05) is 24.5 Å². The molecule has 34 heavy (non-hydrogen) atoms. The number of thiophene rings is 1. The Bertz CT molecular complexity index is 1290. The van der Waals surface area contributed by atoms with Crippen molar-refractivity contribution in [1.29, 1.82) is 0 Å². The first-order valence-corrected chi connectivity index (χ1v) is 11.9. The van der Waals surface area contributed by atoms with Crippen molar-refractivity contribution in [1.82, 2.24) is 40.1 Å². The number of aromatic nitrogens is 7. The molecule has 11 nitrogen and oxygen atoms in total. The van der Waals surface area contributed by atoms with Crippen LogP contribution >= 0.6 is 11.3 Å². The lowest BCUT2D eigenvalue weighted by Gasteiger charge is -2.32. The van der Waals surface area contributed by atoms with Crippen molar-refractivity contribution < 1.29 is 4.79 Å². The van der Waals surface area contributed by atoms with E-state index >= 15 is 0 Å². The molecule has 174 valence electrons. The molecule has 1 aliphatic heterocycles. The van der Waals surface area contributed by atoms with Crippen LogP contribution in [-0.4, -0.2) is 60.3 Å². The Hall–Kier alpha value is -3.93. The van der Waals surface area contributed by atoms with Gasteiger partial charge in [-0.2, -0.15) is 5.10 Å². The van der Waals surface area contributed by atoms with Crippen molar-refractivity contribution in [2.24, 2.45) is 5.92 Å². The van der Waals surface area contributed by atoms with Gasteiger partial charge in [-0.25, -0.2) is 14.3 Å². The Morgan fingerprint density at radius 1 is 1.15 bits per heavy atom. The summed E-state index contributed by atoms with van der Waals surface area (Å²) in [6, 6.07) is 10.9. The zero-order valence-corrected chi connectivity index (χ0v) is 19.1. The lowest BCUT2D eigenvalue weighted by molar-refractivity contribution is -0.125. The Kier molecular flexibility index (Phi) is 6.38. The Labute approximate surface area is 199 Å². The van der Waals surface area contributed by atoms with E-state index < -0.39 is 0 Å². The predicted octanol–water partition coefficient (Wildman–Crippen LogP) is 1.38. The molecule has 0 aromatic carbocycles. The highest BCUT2D eigenvalue weighted by Crippen LogP contribution is 2.25. The molecule has 0 bridgehead atoms. The fourth-order valence-corrected chi connectivity index (χ4v) is 4.62. The number of nitrogens with one attached hydrogen (secondary N) is 1. The maximum atomic E-state index is 12.8. The van der Waals surface area contributed by atoms with Gasteiger partial charge in [-0.1, -0.05) is 6.07 Å². The molecule has 5 rings (SSSR count). The van der Waals surface area contributed by atoms with Gasteiger partial charge in [0.1, 0.15) is 18.3 Å². The molecule has 1 saturated heterocycles. The SMILES string of the molecule is O=C(NCCn1nc(-n2cncn2)ccc1=O)C1CCCN(c2ccc(-c3cccs3)nn2)C1. The topological polar surface area (TPSA) is 124 Å². The summed E-state index contributed by atoms with van der Waals surface area (Å²) in [5, 5.41) is 22.0. The van der Waals surface area contributed by atoms with E-state index in [1.807, 2.05) is 29.6 Å². The lowest BCUT2D eigenvalue weighted by Crippen LogP contribution is -2.44. The van der Waals surface area contributed by atoms with Gasteiger partial charge in [0.05, 0.1) is 17.3 Å². The van der Waals surface area contributed by atoms with Gasteiger partial charge in [-0.3, -0.25) is 9.59 Å². The number of nitrogens with zero attached hydrogens (tertiary/aromatic N) is 8. The van der Waals surface area contributed by atoms with E-state index in [1.165, 1.54) is 28.1 Å². The number of carbonyl (C=O) groups is 1. The first-order valence-electron chi connectivity index (χ1n) is 11.0. The molecule has 0 aliphatic carbocycles. The Morgan fingerprint density at radius 3 is 2.82 bits per heavy atom. The van der Waals surface area contributed by atoms with Crippen LogP contribution < -0.4 is 15.8 Å². The molecule has 1 aliphatic rings. The normalized spacial score (nSPS) is 15.9. The van der Waals surface area contributed by atoms with E-state index in [2.05, 4.69) is 35.6 Å². The highest BCUT2D eigenvalue weighted by atomic mass is 32.1. The third-order valence-corrected chi connectivity index (χ3v) is 6.56. The Balaban J connectivity index is 1.16. The number of rotatable bonds is 7. The summed E-state index contributed by atoms with van der Waals surface area (Å²) in [5.41, 5.74) is 0.605. The zero-order chi connectivity index (χ0) is 23.3. The number of carbonyl (C=O) groups excluding carboxylic acids is 1. The first kappa shape index (κ1) is 21.9. The summed E-state index contributed by atoms with van der Waals surface area (Å²) in [5.74, 6) is 1.07. The molecule has 5 heterocycles. The highest BCUT2D eigenvalue weighted by molar-refractivity contribution is 7.13. The number of amides is 1. The average Bonchev–Trinajstić information content (AvgIpc) is 3.60. The van der Waals surface area contributed by atoms with Gasteiger partial charge in [-0.05, 0) is 42.5 Å². The third kappa shape index (κ3) is 4.86. The summed E-state index contributed by atoms with van der Waals surface area (Å²) in [6.07, 6.45) is 4.61. The second-order valence-corrected chi connectivity index (χ2v) is 8.87. The van der Waals surface area contributed by atoms with Crippen molar-refractivity contribution in [2.45, 2.75) is 19.4 Å². The van der Waals surface area contributed by atoms with E-state index in [0.29, 0.717) is 18.9 Å². The molecule has 0 spiro atoms.